The summed E-state index contributed by atoms with van der Waals surface area (Å²) in [6.07, 6.45) is 43.8. The molecule has 8 aliphatic rings. The molecule has 9 rings (SSSR count). The molecule has 1 aromatic heterocycles. The van der Waals surface area contributed by atoms with Gasteiger partial charge in [-0.1, -0.05) is 85.1 Å². The summed E-state index contributed by atoms with van der Waals surface area (Å²) in [5.41, 5.74) is 9.58. The third kappa shape index (κ3) is 4.22. The van der Waals surface area contributed by atoms with E-state index < -0.39 is 0 Å². The molecule has 1 aliphatic heterocycles. The van der Waals surface area contributed by atoms with Crippen LogP contribution in [0.3, 0.4) is 0 Å². The third-order valence-electron chi connectivity index (χ3n) is 10.2. The quantitative estimate of drug-likeness (QED) is 0.371. The second-order valence-corrected chi connectivity index (χ2v) is 12.7. The summed E-state index contributed by atoms with van der Waals surface area (Å²) in [6, 6.07) is 0. The highest BCUT2D eigenvalue weighted by Crippen LogP contribution is 2.49. The van der Waals surface area contributed by atoms with Crippen LogP contribution in [0.25, 0.3) is 11.1 Å². The Kier molecular flexibility index (Phi) is 5.95. The van der Waals surface area contributed by atoms with E-state index in [9.17, 15) is 0 Å². The first kappa shape index (κ1) is 25.2. The minimum Gasteiger partial charge on any atom is -0.485 e. The number of ether oxygens (including phenoxy) is 1. The van der Waals surface area contributed by atoms with Gasteiger partial charge in [-0.3, -0.25) is 0 Å². The van der Waals surface area contributed by atoms with E-state index in [1.165, 1.54) is 33.4 Å². The lowest BCUT2D eigenvalue weighted by atomic mass is 9.67. The average Bonchev–Trinajstić information content (AvgIpc) is 3.47. The number of hydrogen-bond donors (Lipinski definition) is 0. The molecular formula is C39H35N3O. The SMILES string of the molecule is C1=CC2C3=C(C=CCC3c3nc(C4=CCCC=C4)nc(C4=CC5=C(C=CC6C=CC7=C(C=CCC7)C56)CC4)n3)O[C@H]2C=C1. The fourth-order valence-corrected chi connectivity index (χ4v) is 8.10. The van der Waals surface area contributed by atoms with Crippen molar-refractivity contribution in [3.8, 4) is 0 Å². The van der Waals surface area contributed by atoms with Crippen molar-refractivity contribution < 1.29 is 4.74 Å². The molecule has 212 valence electrons. The van der Waals surface area contributed by atoms with E-state index in [1.54, 1.807) is 0 Å². The predicted octanol–water partition coefficient (Wildman–Crippen LogP) is 8.54. The zero-order valence-electron chi connectivity index (χ0n) is 24.3. The summed E-state index contributed by atoms with van der Waals surface area (Å²) in [7, 11) is 0. The molecule has 0 aromatic carbocycles. The monoisotopic (exact) mass is 561 g/mol. The fraction of sp³-hybridized carbons (Fsp3) is 0.308. The molecule has 0 radical (unpaired) electrons. The first-order valence-corrected chi connectivity index (χ1v) is 16.1. The maximum absolute atomic E-state index is 6.39. The average molecular weight is 562 g/mol. The normalized spacial score (nSPS) is 31.3. The Balaban J connectivity index is 1.15. The first-order valence-electron chi connectivity index (χ1n) is 16.1. The molecule has 0 saturated heterocycles. The number of nitrogens with zero attached hydrogens (tertiary/aromatic N) is 3. The van der Waals surface area contributed by atoms with Crippen molar-refractivity contribution in [2.45, 2.75) is 57.0 Å². The van der Waals surface area contributed by atoms with Crippen LogP contribution in [0.2, 0.25) is 0 Å². The van der Waals surface area contributed by atoms with Crippen LogP contribution in [0, 0.1) is 17.8 Å². The molecule has 0 fully saturated rings. The predicted molar refractivity (Wildman–Crippen MR) is 171 cm³/mol. The van der Waals surface area contributed by atoms with Gasteiger partial charge >= 0.3 is 0 Å². The second-order valence-electron chi connectivity index (χ2n) is 12.7. The van der Waals surface area contributed by atoms with Gasteiger partial charge in [0.1, 0.15) is 17.7 Å². The molecule has 0 amide bonds. The summed E-state index contributed by atoms with van der Waals surface area (Å²) in [5.74, 6) is 4.58. The van der Waals surface area contributed by atoms with E-state index >= 15 is 0 Å². The van der Waals surface area contributed by atoms with E-state index in [4.69, 9.17) is 19.7 Å². The summed E-state index contributed by atoms with van der Waals surface area (Å²) < 4.78 is 6.39. The van der Waals surface area contributed by atoms with Gasteiger partial charge in [-0.15, -0.1) is 0 Å². The van der Waals surface area contributed by atoms with Gasteiger partial charge in [-0.05, 0) is 90.5 Å². The van der Waals surface area contributed by atoms with Crippen molar-refractivity contribution >= 4 is 11.1 Å². The van der Waals surface area contributed by atoms with Crippen molar-refractivity contribution in [3.63, 3.8) is 0 Å². The Morgan fingerprint density at radius 2 is 1.56 bits per heavy atom. The summed E-state index contributed by atoms with van der Waals surface area (Å²) in [6.45, 7) is 0. The number of rotatable bonds is 3. The van der Waals surface area contributed by atoms with Crippen LogP contribution < -0.4 is 0 Å². The highest BCUT2D eigenvalue weighted by Gasteiger charge is 2.41. The summed E-state index contributed by atoms with van der Waals surface area (Å²) in [5, 5.41) is 0. The van der Waals surface area contributed by atoms with Crippen LogP contribution in [0.4, 0.5) is 0 Å². The molecule has 4 unspecified atom stereocenters. The summed E-state index contributed by atoms with van der Waals surface area (Å²) in [4.78, 5) is 15.7. The second kappa shape index (κ2) is 10.2. The minimum absolute atomic E-state index is 0.0568. The highest BCUT2D eigenvalue weighted by atomic mass is 16.5. The zero-order valence-corrected chi connectivity index (χ0v) is 24.3. The van der Waals surface area contributed by atoms with Crippen molar-refractivity contribution in [2.75, 3.05) is 0 Å². The molecule has 43 heavy (non-hydrogen) atoms. The van der Waals surface area contributed by atoms with Gasteiger partial charge in [0.15, 0.2) is 11.6 Å². The van der Waals surface area contributed by atoms with Crippen LogP contribution >= 0.6 is 0 Å². The van der Waals surface area contributed by atoms with Crippen LogP contribution in [-0.4, -0.2) is 21.1 Å². The Morgan fingerprint density at radius 3 is 2.47 bits per heavy atom. The highest BCUT2D eigenvalue weighted by molar-refractivity contribution is 5.73. The van der Waals surface area contributed by atoms with Gasteiger partial charge in [0, 0.05) is 29.2 Å². The lowest BCUT2D eigenvalue weighted by Gasteiger charge is -2.37. The summed E-state index contributed by atoms with van der Waals surface area (Å²) >= 11 is 0. The lowest BCUT2D eigenvalue weighted by Crippen LogP contribution is -2.25. The molecule has 5 atom stereocenters. The molecule has 0 N–H and O–H groups in total. The molecule has 0 saturated carbocycles. The number of fused-ring (bicyclic) bond motifs is 5. The first-order chi connectivity index (χ1) is 21.3. The Labute approximate surface area is 253 Å². The molecule has 7 aliphatic carbocycles. The van der Waals surface area contributed by atoms with Crippen LogP contribution in [0.15, 0.2) is 131 Å². The van der Waals surface area contributed by atoms with Crippen LogP contribution in [0.5, 0.6) is 0 Å². The van der Waals surface area contributed by atoms with Crippen molar-refractivity contribution in [3.05, 3.63) is 148 Å². The number of hydrogen-bond acceptors (Lipinski definition) is 4. The number of aromatic nitrogens is 3. The zero-order chi connectivity index (χ0) is 28.3. The van der Waals surface area contributed by atoms with Crippen molar-refractivity contribution in [1.82, 2.24) is 15.0 Å². The van der Waals surface area contributed by atoms with E-state index in [0.29, 0.717) is 11.8 Å². The fourth-order valence-electron chi connectivity index (χ4n) is 8.10. The maximum Gasteiger partial charge on any atom is 0.163 e. The molecule has 2 heterocycles. The van der Waals surface area contributed by atoms with Crippen LogP contribution in [0.1, 0.15) is 68.3 Å². The lowest BCUT2D eigenvalue weighted by molar-refractivity contribution is 0.173. The van der Waals surface area contributed by atoms with Gasteiger partial charge in [0.25, 0.3) is 0 Å². The van der Waals surface area contributed by atoms with Gasteiger partial charge in [0.05, 0.1) is 0 Å². The van der Waals surface area contributed by atoms with E-state index in [-0.39, 0.29) is 17.9 Å². The minimum atomic E-state index is 0.0568. The molecule has 1 aromatic rings. The van der Waals surface area contributed by atoms with Gasteiger partial charge in [-0.2, -0.15) is 0 Å². The standard InChI is InChI=1S/C39H35N3O/c1-2-10-27(11-3-1)37-40-38(42-39(41-37)31-14-8-16-34-36(31)30-13-6-7-15-33(30)43-34)28-22-19-25-18-21-26-20-17-24-9-4-5-12-29(24)35(26)32(25)23-28/h2,5-8,10-13,15-18,20-21,23,26,30-31,33,35H,1,3-4,9,14,19,22H2/t26?,30?,31?,33-,35?/m0/s1. The third-order valence-corrected chi connectivity index (χ3v) is 10.2. The smallest absolute Gasteiger partial charge is 0.163 e. The molecule has 0 spiro atoms. The van der Waals surface area contributed by atoms with Gasteiger partial charge in [-0.25, -0.2) is 15.0 Å². The van der Waals surface area contributed by atoms with Gasteiger partial charge in [0.2, 0.25) is 0 Å². The Bertz CT molecular complexity index is 1800. The molecule has 0 bridgehead atoms. The van der Waals surface area contributed by atoms with Crippen LogP contribution in [-0.2, 0) is 4.74 Å². The Morgan fingerprint density at radius 1 is 0.698 bits per heavy atom. The maximum atomic E-state index is 6.39. The molecular weight excluding hydrogens is 526 g/mol. The molecule has 4 heteroatoms. The Hall–Kier alpha value is -4.31. The van der Waals surface area contributed by atoms with Gasteiger partial charge < -0.3 is 4.74 Å². The topological polar surface area (TPSA) is 47.9 Å². The van der Waals surface area contributed by atoms with E-state index in [2.05, 4.69) is 97.2 Å². The van der Waals surface area contributed by atoms with E-state index in [0.717, 1.165) is 73.8 Å². The van der Waals surface area contributed by atoms with Crippen molar-refractivity contribution in [1.29, 1.82) is 0 Å². The largest absolute Gasteiger partial charge is 0.485 e. The van der Waals surface area contributed by atoms with Crippen molar-refractivity contribution in [2.24, 2.45) is 17.8 Å². The van der Waals surface area contributed by atoms with E-state index in [1.807, 2.05) is 0 Å². The number of allylic oxidation sites excluding steroid dienone is 20. The molecule has 4 nitrogen and oxygen atoms in total.